The van der Waals surface area contributed by atoms with Crippen LogP contribution < -0.4 is 10.6 Å². The summed E-state index contributed by atoms with van der Waals surface area (Å²) < 4.78 is 4.99. The molecule has 0 saturated carbocycles. The lowest BCUT2D eigenvalue weighted by Gasteiger charge is -2.40. The average Bonchev–Trinajstić information content (AvgIpc) is 3.39. The van der Waals surface area contributed by atoms with Gasteiger partial charge in [-0.25, -0.2) is 0 Å². The van der Waals surface area contributed by atoms with Crippen molar-refractivity contribution in [2.75, 3.05) is 25.0 Å². The van der Waals surface area contributed by atoms with Crippen molar-refractivity contribution in [2.24, 2.45) is 5.92 Å². The Morgan fingerprint density at radius 2 is 1.69 bits per heavy atom. The van der Waals surface area contributed by atoms with Crippen molar-refractivity contribution in [3.8, 4) is 11.1 Å². The van der Waals surface area contributed by atoms with E-state index in [0.29, 0.717) is 22.7 Å². The number of carbonyl (C=O) groups is 2. The lowest BCUT2D eigenvalue weighted by molar-refractivity contribution is 0.0818. The molecule has 0 spiro atoms. The molecule has 6 nitrogen and oxygen atoms in total. The zero-order valence-electron chi connectivity index (χ0n) is 21.1. The third-order valence-electron chi connectivity index (χ3n) is 6.85. The molecule has 2 aromatic carbocycles. The van der Waals surface area contributed by atoms with Gasteiger partial charge in [-0.1, -0.05) is 18.2 Å². The number of hydrogen-bond donors (Lipinski definition) is 2. The number of anilines is 1. The highest BCUT2D eigenvalue weighted by Crippen LogP contribution is 2.28. The van der Waals surface area contributed by atoms with Gasteiger partial charge in [-0.05, 0) is 107 Å². The number of furan rings is 1. The maximum Gasteiger partial charge on any atom is 0.258 e. The minimum Gasteiger partial charge on any atom is -0.472 e. The molecule has 4 rings (SSSR count). The molecule has 0 radical (unpaired) electrons. The highest BCUT2D eigenvalue weighted by molar-refractivity contribution is 6.04. The Hall–Kier alpha value is -3.38. The van der Waals surface area contributed by atoms with Gasteiger partial charge in [-0.3, -0.25) is 14.5 Å². The summed E-state index contributed by atoms with van der Waals surface area (Å²) in [7, 11) is 0. The second-order valence-electron chi connectivity index (χ2n) is 10.4. The summed E-state index contributed by atoms with van der Waals surface area (Å²) >= 11 is 0. The number of carbonyl (C=O) groups excluding carboxylic acids is 2. The van der Waals surface area contributed by atoms with Crippen LogP contribution in [0.4, 0.5) is 5.69 Å². The first-order chi connectivity index (χ1) is 16.7. The van der Waals surface area contributed by atoms with Gasteiger partial charge in [-0.2, -0.15) is 0 Å². The molecule has 1 aliphatic rings. The smallest absolute Gasteiger partial charge is 0.258 e. The van der Waals surface area contributed by atoms with E-state index in [4.69, 9.17) is 4.42 Å². The van der Waals surface area contributed by atoms with Crippen LogP contribution in [0.25, 0.3) is 11.1 Å². The summed E-state index contributed by atoms with van der Waals surface area (Å²) in [5.41, 5.74) is 5.13. The molecule has 3 aromatic rings. The Morgan fingerprint density at radius 3 is 2.31 bits per heavy atom. The minimum absolute atomic E-state index is 0.0346. The van der Waals surface area contributed by atoms with Gasteiger partial charge in [0.1, 0.15) is 6.26 Å². The normalized spacial score (nSPS) is 15.1. The molecular formula is C29H35N3O3. The standard InChI is InChI=1S/C29H35N3O3/c1-20-5-10-25(31-28(34)24-13-16-35-19-24)17-26(20)22-6-8-23(9-7-22)27(33)30-18-21-11-14-32(15-12-21)29(2,3)4/h5-10,13,16-17,19,21H,11-12,14-15,18H2,1-4H3,(H,30,33)(H,31,34). The molecule has 1 fully saturated rings. The fourth-order valence-corrected chi connectivity index (χ4v) is 4.56. The highest BCUT2D eigenvalue weighted by atomic mass is 16.3. The minimum atomic E-state index is -0.218. The van der Waals surface area contributed by atoms with Crippen LogP contribution in [0, 0.1) is 12.8 Å². The summed E-state index contributed by atoms with van der Waals surface area (Å²) in [6.45, 7) is 11.7. The van der Waals surface area contributed by atoms with E-state index in [1.54, 1.807) is 6.07 Å². The van der Waals surface area contributed by atoms with E-state index >= 15 is 0 Å². The van der Waals surface area contributed by atoms with Crippen LogP contribution in [0.5, 0.6) is 0 Å². The molecule has 2 amide bonds. The van der Waals surface area contributed by atoms with Gasteiger partial charge in [-0.15, -0.1) is 0 Å². The van der Waals surface area contributed by atoms with Crippen molar-refractivity contribution in [3.05, 3.63) is 77.7 Å². The van der Waals surface area contributed by atoms with Crippen LogP contribution in [-0.2, 0) is 0 Å². The number of nitrogens with zero attached hydrogens (tertiary/aromatic N) is 1. The van der Waals surface area contributed by atoms with Crippen molar-refractivity contribution in [3.63, 3.8) is 0 Å². The Morgan fingerprint density at radius 1 is 0.971 bits per heavy atom. The number of aryl methyl sites for hydroxylation is 1. The van der Waals surface area contributed by atoms with Crippen molar-refractivity contribution in [1.29, 1.82) is 0 Å². The number of rotatable bonds is 6. The number of piperidine rings is 1. The molecule has 2 N–H and O–H groups in total. The fraction of sp³-hybridized carbons (Fsp3) is 0.379. The second kappa shape index (κ2) is 10.5. The maximum atomic E-state index is 12.7. The molecule has 0 aliphatic carbocycles. The lowest BCUT2D eigenvalue weighted by Crippen LogP contribution is -2.47. The van der Waals surface area contributed by atoms with Crippen LogP contribution in [0.3, 0.4) is 0 Å². The molecular weight excluding hydrogens is 438 g/mol. The first-order valence-corrected chi connectivity index (χ1v) is 12.3. The molecule has 1 aromatic heterocycles. The number of amides is 2. The number of nitrogens with one attached hydrogen (secondary N) is 2. The van der Waals surface area contributed by atoms with Gasteiger partial charge in [0.05, 0.1) is 11.8 Å². The Kier molecular flexibility index (Phi) is 7.41. The van der Waals surface area contributed by atoms with E-state index in [2.05, 4.69) is 36.3 Å². The van der Waals surface area contributed by atoms with Crippen molar-refractivity contribution in [1.82, 2.24) is 10.2 Å². The lowest BCUT2D eigenvalue weighted by atomic mass is 9.93. The summed E-state index contributed by atoms with van der Waals surface area (Å²) in [5.74, 6) is 0.275. The van der Waals surface area contributed by atoms with Crippen LogP contribution in [0.2, 0.25) is 0 Å². The number of benzene rings is 2. The zero-order chi connectivity index (χ0) is 25.0. The fourth-order valence-electron chi connectivity index (χ4n) is 4.56. The Balaban J connectivity index is 1.35. The summed E-state index contributed by atoms with van der Waals surface area (Å²) in [5, 5.41) is 6.03. The van der Waals surface area contributed by atoms with Gasteiger partial charge in [0.2, 0.25) is 0 Å². The maximum absolute atomic E-state index is 12.7. The summed E-state index contributed by atoms with van der Waals surface area (Å²) in [6, 6.07) is 15.1. The van der Waals surface area contributed by atoms with Gasteiger partial charge < -0.3 is 15.1 Å². The van der Waals surface area contributed by atoms with Crippen molar-refractivity contribution < 1.29 is 14.0 Å². The van der Waals surface area contributed by atoms with E-state index in [1.807, 2.05) is 49.4 Å². The average molecular weight is 474 g/mol. The highest BCUT2D eigenvalue weighted by Gasteiger charge is 2.27. The van der Waals surface area contributed by atoms with E-state index in [1.165, 1.54) is 12.5 Å². The van der Waals surface area contributed by atoms with Crippen LogP contribution >= 0.6 is 0 Å². The largest absolute Gasteiger partial charge is 0.472 e. The first kappa shape index (κ1) is 24.7. The molecule has 0 bridgehead atoms. The molecule has 0 unspecified atom stereocenters. The first-order valence-electron chi connectivity index (χ1n) is 12.3. The number of hydrogen-bond acceptors (Lipinski definition) is 4. The number of likely N-dealkylation sites (tertiary alicyclic amines) is 1. The van der Waals surface area contributed by atoms with E-state index in [-0.39, 0.29) is 17.4 Å². The molecule has 184 valence electrons. The third-order valence-corrected chi connectivity index (χ3v) is 6.85. The third kappa shape index (κ3) is 6.20. The Bertz CT molecular complexity index is 1150. The van der Waals surface area contributed by atoms with Crippen LogP contribution in [-0.4, -0.2) is 41.9 Å². The van der Waals surface area contributed by atoms with Crippen LogP contribution in [0.15, 0.2) is 65.5 Å². The predicted octanol–water partition coefficient (Wildman–Crippen LogP) is 5.75. The summed E-state index contributed by atoms with van der Waals surface area (Å²) in [6.07, 6.45) is 5.12. The second-order valence-corrected chi connectivity index (χ2v) is 10.4. The van der Waals surface area contributed by atoms with E-state index in [9.17, 15) is 9.59 Å². The SMILES string of the molecule is Cc1ccc(NC(=O)c2ccoc2)cc1-c1ccc(C(=O)NCC2CCN(C(C)(C)C)CC2)cc1. The quantitative estimate of drug-likeness (QED) is 0.478. The predicted molar refractivity (Wildman–Crippen MR) is 140 cm³/mol. The summed E-state index contributed by atoms with van der Waals surface area (Å²) in [4.78, 5) is 27.6. The van der Waals surface area contributed by atoms with Gasteiger partial charge in [0, 0.05) is 23.3 Å². The molecule has 1 aliphatic heterocycles. The molecule has 0 atom stereocenters. The topological polar surface area (TPSA) is 74.6 Å². The van der Waals surface area contributed by atoms with Crippen molar-refractivity contribution >= 4 is 17.5 Å². The zero-order valence-corrected chi connectivity index (χ0v) is 21.1. The van der Waals surface area contributed by atoms with Crippen LogP contribution in [0.1, 0.15) is 59.9 Å². The van der Waals surface area contributed by atoms with Gasteiger partial charge >= 0.3 is 0 Å². The molecule has 35 heavy (non-hydrogen) atoms. The molecule has 2 heterocycles. The monoisotopic (exact) mass is 473 g/mol. The van der Waals surface area contributed by atoms with Gasteiger partial charge in [0.15, 0.2) is 0 Å². The van der Waals surface area contributed by atoms with Gasteiger partial charge in [0.25, 0.3) is 11.8 Å². The molecule has 6 heteroatoms. The molecule has 1 saturated heterocycles. The van der Waals surface area contributed by atoms with E-state index in [0.717, 1.165) is 49.2 Å². The van der Waals surface area contributed by atoms with Crippen molar-refractivity contribution in [2.45, 2.75) is 46.1 Å². The Labute approximate surface area is 207 Å². The van der Waals surface area contributed by atoms with E-state index < -0.39 is 0 Å².